The number of aromatic nitrogens is 4. The van der Waals surface area contributed by atoms with Gasteiger partial charge in [0.1, 0.15) is 12.4 Å². The van der Waals surface area contributed by atoms with Crippen LogP contribution in [0.5, 0.6) is 0 Å². The van der Waals surface area contributed by atoms with Crippen molar-refractivity contribution in [2.24, 2.45) is 0 Å². The Morgan fingerprint density at radius 1 is 1.30 bits per heavy atom. The predicted octanol–water partition coefficient (Wildman–Crippen LogP) is 1.84. The first-order chi connectivity index (χ1) is 11.2. The lowest BCUT2D eigenvalue weighted by Gasteiger charge is -2.12. The number of ether oxygens (including phenoxy) is 2. The van der Waals surface area contributed by atoms with Gasteiger partial charge in [0.2, 0.25) is 0 Å². The van der Waals surface area contributed by atoms with Crippen molar-refractivity contribution in [2.75, 3.05) is 25.6 Å². The molecule has 3 rings (SSSR count). The first-order valence-corrected chi connectivity index (χ1v) is 7.70. The van der Waals surface area contributed by atoms with Crippen molar-refractivity contribution in [2.45, 2.75) is 32.4 Å². The summed E-state index contributed by atoms with van der Waals surface area (Å²) in [6.45, 7) is 4.38. The summed E-state index contributed by atoms with van der Waals surface area (Å²) in [6, 6.07) is 1.99. The van der Waals surface area contributed by atoms with E-state index in [1.54, 1.807) is 19.5 Å². The van der Waals surface area contributed by atoms with Gasteiger partial charge in [-0.05, 0) is 13.3 Å². The second-order valence-electron chi connectivity index (χ2n) is 5.59. The Kier molecular flexibility index (Phi) is 5.09. The molecule has 0 bridgehead atoms. The lowest BCUT2D eigenvalue weighted by atomic mass is 10.0. The number of nitrogens with one attached hydrogen (secondary N) is 1. The van der Waals surface area contributed by atoms with Crippen LogP contribution in [-0.2, 0) is 22.6 Å². The van der Waals surface area contributed by atoms with Crippen molar-refractivity contribution in [3.8, 4) is 0 Å². The molecule has 0 radical (unpaired) electrons. The molecule has 0 aromatic carbocycles. The molecule has 0 amide bonds. The fourth-order valence-corrected chi connectivity index (χ4v) is 2.47. The quantitative estimate of drug-likeness (QED) is 0.871. The summed E-state index contributed by atoms with van der Waals surface area (Å²) in [5.74, 6) is 1.78. The van der Waals surface area contributed by atoms with Crippen LogP contribution in [0.2, 0.25) is 0 Å². The monoisotopic (exact) mass is 315 g/mol. The molecule has 7 nitrogen and oxygen atoms in total. The third-order valence-electron chi connectivity index (χ3n) is 3.70. The van der Waals surface area contributed by atoms with Crippen LogP contribution in [0.15, 0.2) is 18.5 Å². The summed E-state index contributed by atoms with van der Waals surface area (Å²) in [5, 5.41) is 3.29. The fraction of sp³-hybridized carbons (Fsp3) is 0.500. The van der Waals surface area contributed by atoms with Crippen LogP contribution < -0.4 is 5.32 Å². The molecule has 1 N–H and O–H groups in total. The minimum absolute atomic E-state index is 0.327. The van der Waals surface area contributed by atoms with Crippen molar-refractivity contribution in [3.05, 3.63) is 41.4 Å². The highest BCUT2D eigenvalue weighted by atomic mass is 16.5. The number of methoxy groups -OCH3 is 1. The summed E-state index contributed by atoms with van der Waals surface area (Å²) in [6.07, 6.45) is 4.52. The minimum atomic E-state index is 0.327. The average molecular weight is 315 g/mol. The van der Waals surface area contributed by atoms with Crippen molar-refractivity contribution in [3.63, 3.8) is 0 Å². The molecule has 1 aliphatic heterocycles. The van der Waals surface area contributed by atoms with Crippen LogP contribution in [0.25, 0.3) is 0 Å². The number of rotatable bonds is 6. The largest absolute Gasteiger partial charge is 0.381 e. The Balaban J connectivity index is 1.75. The van der Waals surface area contributed by atoms with Crippen LogP contribution in [0.3, 0.4) is 0 Å². The minimum Gasteiger partial charge on any atom is -0.381 e. The zero-order valence-electron chi connectivity index (χ0n) is 13.5. The normalized spacial score (nSPS) is 17.4. The van der Waals surface area contributed by atoms with Gasteiger partial charge in [-0.1, -0.05) is 0 Å². The fourth-order valence-electron chi connectivity index (χ4n) is 2.47. The Morgan fingerprint density at radius 3 is 2.91 bits per heavy atom. The molecule has 0 spiro atoms. The standard InChI is InChI=1S/C16H21N5O2/c1-11-6-18-13(7-17-11)8-19-15-5-14(12-3-4-23-9-12)20-16(21-15)10-22-2/h5-7,12H,3-4,8-10H2,1-2H3,(H,19,20,21)/t12-/m0/s1. The molecule has 2 aromatic heterocycles. The van der Waals surface area contributed by atoms with Crippen molar-refractivity contribution in [1.29, 1.82) is 0 Å². The van der Waals surface area contributed by atoms with E-state index >= 15 is 0 Å². The van der Waals surface area contributed by atoms with Gasteiger partial charge >= 0.3 is 0 Å². The van der Waals surface area contributed by atoms with Gasteiger partial charge < -0.3 is 14.8 Å². The summed E-state index contributed by atoms with van der Waals surface area (Å²) >= 11 is 0. The topological polar surface area (TPSA) is 82.0 Å². The maximum absolute atomic E-state index is 5.46. The summed E-state index contributed by atoms with van der Waals surface area (Å²) in [7, 11) is 1.64. The summed E-state index contributed by atoms with van der Waals surface area (Å²) < 4.78 is 10.6. The number of hydrogen-bond acceptors (Lipinski definition) is 7. The van der Waals surface area contributed by atoms with Crippen molar-refractivity contribution in [1.82, 2.24) is 19.9 Å². The summed E-state index contributed by atoms with van der Waals surface area (Å²) in [4.78, 5) is 17.7. The van der Waals surface area contributed by atoms with E-state index in [1.165, 1.54) is 0 Å². The Bertz CT molecular complexity index is 641. The van der Waals surface area contributed by atoms with E-state index in [-0.39, 0.29) is 0 Å². The predicted molar refractivity (Wildman–Crippen MR) is 85.0 cm³/mol. The van der Waals surface area contributed by atoms with E-state index in [0.717, 1.165) is 35.9 Å². The molecular weight excluding hydrogens is 294 g/mol. The maximum atomic E-state index is 5.46. The molecular formula is C16H21N5O2. The van der Waals surface area contributed by atoms with Gasteiger partial charge in [0.25, 0.3) is 0 Å². The number of anilines is 1. The molecule has 122 valence electrons. The molecule has 0 aliphatic carbocycles. The Morgan fingerprint density at radius 2 is 2.22 bits per heavy atom. The second-order valence-corrected chi connectivity index (χ2v) is 5.59. The molecule has 7 heteroatoms. The van der Waals surface area contributed by atoms with Gasteiger partial charge in [-0.3, -0.25) is 9.97 Å². The second kappa shape index (κ2) is 7.43. The van der Waals surface area contributed by atoms with Gasteiger partial charge in [0.15, 0.2) is 5.82 Å². The van der Waals surface area contributed by atoms with Crippen molar-refractivity contribution < 1.29 is 9.47 Å². The molecule has 0 unspecified atom stereocenters. The van der Waals surface area contributed by atoms with Gasteiger partial charge in [0, 0.05) is 31.9 Å². The lowest BCUT2D eigenvalue weighted by Crippen LogP contribution is -2.10. The van der Waals surface area contributed by atoms with E-state index in [1.807, 2.05) is 13.0 Å². The number of aryl methyl sites for hydroxylation is 1. The zero-order chi connectivity index (χ0) is 16.1. The third-order valence-corrected chi connectivity index (χ3v) is 3.70. The first kappa shape index (κ1) is 15.8. The van der Waals surface area contributed by atoms with Gasteiger partial charge in [0.05, 0.1) is 36.4 Å². The molecule has 23 heavy (non-hydrogen) atoms. The molecule has 3 heterocycles. The van der Waals surface area contributed by atoms with Crippen LogP contribution in [-0.4, -0.2) is 40.3 Å². The van der Waals surface area contributed by atoms with E-state index in [9.17, 15) is 0 Å². The molecule has 2 aromatic rings. The summed E-state index contributed by atoms with van der Waals surface area (Å²) in [5.41, 5.74) is 2.77. The van der Waals surface area contributed by atoms with Crippen LogP contribution >= 0.6 is 0 Å². The molecule has 1 aliphatic rings. The number of hydrogen-bond donors (Lipinski definition) is 1. The molecule has 1 atom stereocenters. The van der Waals surface area contributed by atoms with Crippen LogP contribution in [0.1, 0.15) is 35.2 Å². The third kappa shape index (κ3) is 4.20. The number of nitrogens with zero attached hydrogens (tertiary/aromatic N) is 4. The highest BCUT2D eigenvalue weighted by Gasteiger charge is 2.20. The molecule has 1 saturated heterocycles. The van der Waals surface area contributed by atoms with E-state index < -0.39 is 0 Å². The highest BCUT2D eigenvalue weighted by Crippen LogP contribution is 2.25. The maximum Gasteiger partial charge on any atom is 0.156 e. The van der Waals surface area contributed by atoms with Gasteiger partial charge in [-0.25, -0.2) is 9.97 Å². The Hall–Kier alpha value is -2.12. The first-order valence-electron chi connectivity index (χ1n) is 7.70. The SMILES string of the molecule is COCc1nc(NCc2cnc(C)cn2)cc([C@H]2CCOC2)n1. The highest BCUT2D eigenvalue weighted by molar-refractivity contribution is 5.37. The Labute approximate surface area is 135 Å². The van der Waals surface area contributed by atoms with Crippen LogP contribution in [0.4, 0.5) is 5.82 Å². The zero-order valence-corrected chi connectivity index (χ0v) is 13.5. The average Bonchev–Trinajstić information content (AvgIpc) is 3.09. The van der Waals surface area contributed by atoms with Gasteiger partial charge in [-0.2, -0.15) is 0 Å². The van der Waals surface area contributed by atoms with E-state index in [2.05, 4.69) is 25.3 Å². The molecule has 1 fully saturated rings. The van der Waals surface area contributed by atoms with E-state index in [0.29, 0.717) is 31.5 Å². The molecule has 0 saturated carbocycles. The van der Waals surface area contributed by atoms with Gasteiger partial charge in [-0.15, -0.1) is 0 Å². The van der Waals surface area contributed by atoms with Crippen LogP contribution in [0, 0.1) is 6.92 Å². The van der Waals surface area contributed by atoms with E-state index in [4.69, 9.17) is 9.47 Å². The lowest BCUT2D eigenvalue weighted by molar-refractivity contribution is 0.177. The smallest absolute Gasteiger partial charge is 0.156 e. The van der Waals surface area contributed by atoms with Crippen molar-refractivity contribution >= 4 is 5.82 Å².